The van der Waals surface area contributed by atoms with E-state index in [9.17, 15) is 0 Å². The fourth-order valence-corrected chi connectivity index (χ4v) is 1.49. The molecule has 0 heterocycles. The largest absolute Gasteiger partial charge is 0.491 e. The Morgan fingerprint density at radius 2 is 2.07 bits per heavy atom. The van der Waals surface area contributed by atoms with Crippen molar-refractivity contribution in [1.29, 1.82) is 0 Å². The minimum Gasteiger partial charge on any atom is -0.491 e. The molecule has 0 fully saturated rings. The van der Waals surface area contributed by atoms with Gasteiger partial charge in [-0.05, 0) is 24.5 Å². The molecule has 0 bridgehead atoms. The van der Waals surface area contributed by atoms with Crippen molar-refractivity contribution in [2.75, 3.05) is 13.7 Å². The minimum atomic E-state index is -1.58. The van der Waals surface area contributed by atoms with Crippen molar-refractivity contribution in [1.82, 2.24) is 0 Å². The fourth-order valence-electron chi connectivity index (χ4n) is 1.20. The van der Waals surface area contributed by atoms with Gasteiger partial charge in [0, 0.05) is 0 Å². The van der Waals surface area contributed by atoms with Crippen molar-refractivity contribution >= 4 is 24.2 Å². The molecule has 15 heavy (non-hydrogen) atoms. The first kappa shape index (κ1) is 12.2. The van der Waals surface area contributed by atoms with Gasteiger partial charge in [-0.25, -0.2) is 0 Å². The van der Waals surface area contributed by atoms with E-state index in [0.717, 1.165) is 0 Å². The molecule has 0 atom stereocenters. The third-order valence-electron chi connectivity index (χ3n) is 1.83. The molecule has 0 aliphatic heterocycles. The van der Waals surface area contributed by atoms with E-state index >= 15 is 0 Å². The Labute approximate surface area is 93.5 Å². The molecule has 0 radical (unpaired) electrons. The molecule has 1 rings (SSSR count). The molecule has 82 valence electrons. The topological polar surface area (TPSA) is 58.9 Å². The Hall–Kier alpha value is -0.905. The van der Waals surface area contributed by atoms with Crippen LogP contribution in [0.15, 0.2) is 12.1 Å². The van der Waals surface area contributed by atoms with E-state index < -0.39 is 7.12 Å². The van der Waals surface area contributed by atoms with Crippen LogP contribution in [0.2, 0.25) is 5.02 Å². The Kier molecular flexibility index (Phi) is 4.26. The monoisotopic (exact) mass is 230 g/mol. The summed E-state index contributed by atoms with van der Waals surface area (Å²) in [5.41, 5.74) is 0.268. The third-order valence-corrected chi connectivity index (χ3v) is 2.11. The maximum atomic E-state index is 9.00. The Morgan fingerprint density at radius 3 is 2.53 bits per heavy atom. The molecule has 4 nitrogen and oxygen atoms in total. The number of rotatable bonds is 4. The van der Waals surface area contributed by atoms with E-state index in [1.54, 1.807) is 0 Å². The van der Waals surface area contributed by atoms with Crippen molar-refractivity contribution in [3.63, 3.8) is 0 Å². The predicted molar refractivity (Wildman–Crippen MR) is 59.0 cm³/mol. The van der Waals surface area contributed by atoms with Gasteiger partial charge < -0.3 is 19.5 Å². The van der Waals surface area contributed by atoms with Crippen molar-refractivity contribution in [2.45, 2.75) is 6.92 Å². The molecule has 0 aliphatic carbocycles. The highest BCUT2D eigenvalue weighted by atomic mass is 35.5. The zero-order valence-electron chi connectivity index (χ0n) is 8.53. The van der Waals surface area contributed by atoms with Crippen LogP contribution in [0.25, 0.3) is 0 Å². The predicted octanol–water partition coefficient (Wildman–Crippen LogP) is 0.427. The summed E-state index contributed by atoms with van der Waals surface area (Å²) in [5.74, 6) is 0.790. The van der Waals surface area contributed by atoms with Gasteiger partial charge in [0.25, 0.3) is 0 Å². The molecule has 6 heteroatoms. The average molecular weight is 230 g/mol. The summed E-state index contributed by atoms with van der Waals surface area (Å²) in [7, 11) is -0.105. The number of ether oxygens (including phenoxy) is 2. The summed E-state index contributed by atoms with van der Waals surface area (Å²) in [6.07, 6.45) is 0. The first-order valence-corrected chi connectivity index (χ1v) is 4.84. The molecule has 0 spiro atoms. The van der Waals surface area contributed by atoms with Gasteiger partial charge in [-0.1, -0.05) is 11.6 Å². The first-order chi connectivity index (χ1) is 7.10. The fraction of sp³-hybridized carbons (Fsp3) is 0.333. The lowest BCUT2D eigenvalue weighted by Gasteiger charge is -2.12. The van der Waals surface area contributed by atoms with Crippen LogP contribution >= 0.6 is 11.6 Å². The lowest BCUT2D eigenvalue weighted by atomic mass is 9.80. The molecule has 0 aromatic heterocycles. The maximum Gasteiger partial charge on any atom is 0.488 e. The minimum absolute atomic E-state index is 0.268. The Bertz CT molecular complexity index is 343. The zero-order valence-corrected chi connectivity index (χ0v) is 9.28. The second-order valence-corrected chi connectivity index (χ2v) is 3.25. The first-order valence-electron chi connectivity index (χ1n) is 4.46. The van der Waals surface area contributed by atoms with Gasteiger partial charge in [-0.3, -0.25) is 0 Å². The van der Waals surface area contributed by atoms with E-state index in [4.69, 9.17) is 31.1 Å². The van der Waals surface area contributed by atoms with Gasteiger partial charge in [-0.2, -0.15) is 0 Å². The summed E-state index contributed by atoms with van der Waals surface area (Å²) < 4.78 is 10.3. The Morgan fingerprint density at radius 1 is 1.40 bits per heavy atom. The second-order valence-electron chi connectivity index (χ2n) is 2.84. The molecule has 0 amide bonds. The molecule has 0 unspecified atom stereocenters. The smallest absolute Gasteiger partial charge is 0.488 e. The maximum absolute atomic E-state index is 9.00. The molecule has 0 saturated carbocycles. The highest BCUT2D eigenvalue weighted by Crippen LogP contribution is 2.33. The number of benzene rings is 1. The second kappa shape index (κ2) is 5.25. The van der Waals surface area contributed by atoms with Gasteiger partial charge >= 0.3 is 7.12 Å². The molecule has 0 saturated heterocycles. The van der Waals surface area contributed by atoms with Crippen molar-refractivity contribution in [3.8, 4) is 11.5 Å². The van der Waals surface area contributed by atoms with Gasteiger partial charge in [0.15, 0.2) is 11.5 Å². The van der Waals surface area contributed by atoms with Crippen molar-refractivity contribution < 1.29 is 19.5 Å². The summed E-state index contributed by atoms with van der Waals surface area (Å²) in [5, 5.41) is 18.3. The SMILES string of the molecule is CCOc1cc(B(O)O)cc(Cl)c1OC. The van der Waals surface area contributed by atoms with E-state index in [-0.39, 0.29) is 10.5 Å². The molecular formula is C9H12BClO4. The van der Waals surface area contributed by atoms with E-state index in [1.165, 1.54) is 19.2 Å². The van der Waals surface area contributed by atoms with Crippen LogP contribution in [-0.2, 0) is 0 Å². The number of halogens is 1. The molecular weight excluding hydrogens is 218 g/mol. The molecule has 2 N–H and O–H groups in total. The van der Waals surface area contributed by atoms with Crippen molar-refractivity contribution in [2.24, 2.45) is 0 Å². The van der Waals surface area contributed by atoms with Crippen LogP contribution in [0, 0.1) is 0 Å². The van der Waals surface area contributed by atoms with E-state index in [1.807, 2.05) is 6.92 Å². The van der Waals surface area contributed by atoms with Gasteiger partial charge in [-0.15, -0.1) is 0 Å². The lowest BCUT2D eigenvalue weighted by Crippen LogP contribution is -2.29. The van der Waals surface area contributed by atoms with Crippen LogP contribution in [0.4, 0.5) is 0 Å². The lowest BCUT2D eigenvalue weighted by molar-refractivity contribution is 0.311. The summed E-state index contributed by atoms with van der Waals surface area (Å²) in [6.45, 7) is 2.26. The van der Waals surface area contributed by atoms with Gasteiger partial charge in [0.1, 0.15) is 0 Å². The standard InChI is InChI=1S/C9H12BClO4/c1-3-15-8-5-6(10(12)13)4-7(11)9(8)14-2/h4-5,12-13H,3H2,1-2H3. The Balaban J connectivity index is 3.19. The zero-order chi connectivity index (χ0) is 11.4. The highest BCUT2D eigenvalue weighted by Gasteiger charge is 2.17. The van der Waals surface area contributed by atoms with Crippen LogP contribution < -0.4 is 14.9 Å². The number of hydrogen-bond acceptors (Lipinski definition) is 4. The van der Waals surface area contributed by atoms with Gasteiger partial charge in [0.2, 0.25) is 0 Å². The molecule has 0 aliphatic rings. The van der Waals surface area contributed by atoms with Crippen LogP contribution in [0.1, 0.15) is 6.92 Å². The van der Waals surface area contributed by atoms with Crippen LogP contribution in [-0.4, -0.2) is 30.9 Å². The van der Waals surface area contributed by atoms with E-state index in [0.29, 0.717) is 18.1 Å². The quantitative estimate of drug-likeness (QED) is 0.737. The summed E-state index contributed by atoms with van der Waals surface area (Å²) in [6, 6.07) is 2.91. The van der Waals surface area contributed by atoms with E-state index in [2.05, 4.69) is 0 Å². The highest BCUT2D eigenvalue weighted by molar-refractivity contribution is 6.59. The molecule has 1 aromatic carbocycles. The van der Waals surface area contributed by atoms with Crippen LogP contribution in [0.5, 0.6) is 11.5 Å². The number of methoxy groups -OCH3 is 1. The normalized spacial score (nSPS) is 9.93. The number of hydrogen-bond donors (Lipinski definition) is 2. The van der Waals surface area contributed by atoms with Crippen LogP contribution in [0.3, 0.4) is 0 Å². The van der Waals surface area contributed by atoms with Gasteiger partial charge in [0.05, 0.1) is 18.7 Å². The summed E-state index contributed by atoms with van der Waals surface area (Å²) in [4.78, 5) is 0. The summed E-state index contributed by atoms with van der Waals surface area (Å²) >= 11 is 5.89. The van der Waals surface area contributed by atoms with Crippen molar-refractivity contribution in [3.05, 3.63) is 17.2 Å². The average Bonchev–Trinajstić information content (AvgIpc) is 2.17. The molecule has 1 aromatic rings. The third kappa shape index (κ3) is 2.78.